The minimum absolute atomic E-state index is 0.00556. The van der Waals surface area contributed by atoms with E-state index >= 15 is 0 Å². The van der Waals surface area contributed by atoms with Crippen molar-refractivity contribution >= 4 is 29.3 Å². The Kier molecular flexibility index (Phi) is 5.71. The zero-order valence-electron chi connectivity index (χ0n) is 12.3. The first-order valence-corrected chi connectivity index (χ1v) is 7.28. The molecule has 0 aliphatic carbocycles. The van der Waals surface area contributed by atoms with Crippen molar-refractivity contribution in [3.8, 4) is 17.4 Å². The number of alkyl halides is 1. The van der Waals surface area contributed by atoms with Crippen molar-refractivity contribution in [2.75, 3.05) is 12.5 Å². The predicted octanol–water partition coefficient (Wildman–Crippen LogP) is 3.54. The zero-order valence-corrected chi connectivity index (χ0v) is 13.0. The lowest BCUT2D eigenvalue weighted by atomic mass is 10.1. The lowest BCUT2D eigenvalue weighted by molar-refractivity contribution is -0.384. The second kappa shape index (κ2) is 7.94. The summed E-state index contributed by atoms with van der Waals surface area (Å²) in [6.45, 7) is 0.00556. The molecule has 0 saturated heterocycles. The fraction of sp³-hybridized carbons (Fsp3) is 0.125. The van der Waals surface area contributed by atoms with E-state index < -0.39 is 10.9 Å². The topological polar surface area (TPSA) is 106 Å². The van der Waals surface area contributed by atoms with Crippen LogP contribution in [0.4, 0.5) is 5.69 Å². The van der Waals surface area contributed by atoms with E-state index in [4.69, 9.17) is 26.0 Å². The van der Waals surface area contributed by atoms with Crippen LogP contribution in [0, 0.1) is 21.4 Å². The van der Waals surface area contributed by atoms with Crippen LogP contribution in [0.15, 0.2) is 46.4 Å². The maximum Gasteiger partial charge on any atom is 0.349 e. The van der Waals surface area contributed by atoms with E-state index in [1.807, 2.05) is 0 Å². The number of nitrogens with zero attached hydrogens (tertiary/aromatic N) is 2. The highest BCUT2D eigenvalue weighted by Crippen LogP contribution is 2.25. The number of halogens is 1. The minimum Gasteiger partial charge on any atom is -0.460 e. The summed E-state index contributed by atoms with van der Waals surface area (Å²) in [6, 6.07) is 10.7. The molecule has 2 rings (SSSR count). The average Bonchev–Trinajstić information content (AvgIpc) is 3.06. The molecule has 1 aromatic heterocycles. The molecule has 0 amide bonds. The molecular formula is C16H11ClN2O5. The molecule has 0 radical (unpaired) electrons. The standard InChI is InChI=1S/C16H11ClN2O5/c17-7-8-23-16(20)12(10-18)9-14-5-6-15(24-14)11-1-3-13(4-2-11)19(21)22/h1-6,9H,7-8H2/b12-9-. The fourth-order valence-electron chi connectivity index (χ4n) is 1.82. The van der Waals surface area contributed by atoms with Crippen molar-refractivity contribution in [2.24, 2.45) is 0 Å². The Bertz CT molecular complexity index is 818. The van der Waals surface area contributed by atoms with Crippen LogP contribution in [-0.4, -0.2) is 23.4 Å². The number of rotatable bonds is 6. The van der Waals surface area contributed by atoms with Crippen LogP contribution in [0.25, 0.3) is 17.4 Å². The molecule has 2 aromatic rings. The molecule has 0 bridgehead atoms. The third-order valence-electron chi connectivity index (χ3n) is 2.93. The molecule has 0 spiro atoms. The van der Waals surface area contributed by atoms with Gasteiger partial charge in [-0.3, -0.25) is 10.1 Å². The molecule has 1 aromatic carbocycles. The SMILES string of the molecule is N#C/C(=C/c1ccc(-c2ccc([N+](=O)[O-])cc2)o1)C(=O)OCCCl. The van der Waals surface area contributed by atoms with Crippen molar-refractivity contribution in [1.29, 1.82) is 5.26 Å². The van der Waals surface area contributed by atoms with E-state index in [0.717, 1.165) is 0 Å². The van der Waals surface area contributed by atoms with Crippen molar-refractivity contribution in [3.63, 3.8) is 0 Å². The highest BCUT2D eigenvalue weighted by Gasteiger charge is 2.13. The summed E-state index contributed by atoms with van der Waals surface area (Å²) >= 11 is 5.42. The smallest absolute Gasteiger partial charge is 0.349 e. The minimum atomic E-state index is -0.786. The number of ether oxygens (including phenoxy) is 1. The molecule has 0 N–H and O–H groups in total. The Hall–Kier alpha value is -3.11. The number of benzene rings is 1. The number of esters is 1. The number of nitro groups is 1. The predicted molar refractivity (Wildman–Crippen MR) is 86.1 cm³/mol. The normalized spacial score (nSPS) is 10.9. The summed E-state index contributed by atoms with van der Waals surface area (Å²) in [5.74, 6) is 0.0758. The maximum absolute atomic E-state index is 11.6. The number of hydrogen-bond donors (Lipinski definition) is 0. The first-order chi connectivity index (χ1) is 11.5. The number of carbonyl (C=O) groups excluding carboxylic acids is 1. The third kappa shape index (κ3) is 4.21. The molecule has 24 heavy (non-hydrogen) atoms. The van der Waals surface area contributed by atoms with E-state index in [9.17, 15) is 14.9 Å². The number of furan rings is 1. The Labute approximate surface area is 141 Å². The van der Waals surface area contributed by atoms with Crippen LogP contribution in [0.2, 0.25) is 0 Å². The second-order valence-corrected chi connectivity index (χ2v) is 4.88. The largest absolute Gasteiger partial charge is 0.460 e. The van der Waals surface area contributed by atoms with Gasteiger partial charge in [0.2, 0.25) is 0 Å². The van der Waals surface area contributed by atoms with Crippen LogP contribution in [0.5, 0.6) is 0 Å². The molecule has 0 unspecified atom stereocenters. The van der Waals surface area contributed by atoms with Crippen LogP contribution >= 0.6 is 11.6 Å². The van der Waals surface area contributed by atoms with Gasteiger partial charge < -0.3 is 9.15 Å². The lowest BCUT2D eigenvalue weighted by Crippen LogP contribution is -2.08. The molecule has 8 heteroatoms. The van der Waals surface area contributed by atoms with Crippen LogP contribution < -0.4 is 0 Å². The zero-order chi connectivity index (χ0) is 17.5. The number of non-ortho nitro benzene ring substituents is 1. The summed E-state index contributed by atoms with van der Waals surface area (Å²) in [6.07, 6.45) is 1.26. The summed E-state index contributed by atoms with van der Waals surface area (Å²) in [5.41, 5.74) is 0.382. The van der Waals surface area contributed by atoms with Gasteiger partial charge in [-0.2, -0.15) is 5.26 Å². The van der Waals surface area contributed by atoms with Gasteiger partial charge in [0.25, 0.3) is 5.69 Å². The Balaban J connectivity index is 2.20. The summed E-state index contributed by atoms with van der Waals surface area (Å²) in [4.78, 5) is 21.8. The number of hydrogen-bond acceptors (Lipinski definition) is 6. The van der Waals surface area contributed by atoms with Crippen LogP contribution in [0.3, 0.4) is 0 Å². The van der Waals surface area contributed by atoms with Gasteiger partial charge in [-0.05, 0) is 24.3 Å². The van der Waals surface area contributed by atoms with Crippen molar-refractivity contribution in [3.05, 3.63) is 57.8 Å². The number of nitro benzene ring substituents is 1. The third-order valence-corrected chi connectivity index (χ3v) is 3.08. The highest BCUT2D eigenvalue weighted by atomic mass is 35.5. The molecular weight excluding hydrogens is 336 g/mol. The lowest BCUT2D eigenvalue weighted by Gasteiger charge is -2.00. The van der Waals surface area contributed by atoms with Gasteiger partial charge in [0.1, 0.15) is 29.8 Å². The maximum atomic E-state index is 11.6. The molecule has 0 saturated carbocycles. The van der Waals surface area contributed by atoms with Gasteiger partial charge in [-0.15, -0.1) is 11.6 Å². The van der Waals surface area contributed by atoms with Crippen LogP contribution in [-0.2, 0) is 9.53 Å². The van der Waals surface area contributed by atoms with Gasteiger partial charge in [-0.1, -0.05) is 0 Å². The Morgan fingerprint density at radius 1 is 1.33 bits per heavy atom. The van der Waals surface area contributed by atoms with Crippen molar-refractivity contribution in [2.45, 2.75) is 0 Å². The van der Waals surface area contributed by atoms with Crippen molar-refractivity contribution < 1.29 is 18.9 Å². The second-order valence-electron chi connectivity index (χ2n) is 4.50. The monoisotopic (exact) mass is 346 g/mol. The molecule has 122 valence electrons. The van der Waals surface area contributed by atoms with Crippen molar-refractivity contribution in [1.82, 2.24) is 0 Å². The summed E-state index contributed by atoms with van der Waals surface area (Å²) in [5, 5.41) is 19.6. The first-order valence-electron chi connectivity index (χ1n) is 6.74. The van der Waals surface area contributed by atoms with E-state index in [2.05, 4.69) is 0 Å². The summed E-state index contributed by atoms with van der Waals surface area (Å²) in [7, 11) is 0. The Morgan fingerprint density at radius 2 is 2.04 bits per heavy atom. The van der Waals surface area contributed by atoms with Gasteiger partial charge in [0, 0.05) is 23.8 Å². The average molecular weight is 347 g/mol. The van der Waals surface area contributed by atoms with E-state index in [1.165, 1.54) is 18.2 Å². The van der Waals surface area contributed by atoms with Gasteiger partial charge in [0.05, 0.1) is 10.8 Å². The van der Waals surface area contributed by atoms with E-state index in [0.29, 0.717) is 11.3 Å². The molecule has 0 atom stereocenters. The van der Waals surface area contributed by atoms with E-state index in [-0.39, 0.29) is 29.5 Å². The molecule has 0 fully saturated rings. The quantitative estimate of drug-likeness (QED) is 0.198. The first kappa shape index (κ1) is 17.2. The van der Waals surface area contributed by atoms with Gasteiger partial charge in [-0.25, -0.2) is 4.79 Å². The summed E-state index contributed by atoms with van der Waals surface area (Å²) < 4.78 is 10.3. The number of carbonyl (C=O) groups is 1. The molecule has 1 heterocycles. The fourth-order valence-corrected chi connectivity index (χ4v) is 1.90. The van der Waals surface area contributed by atoms with Gasteiger partial charge >= 0.3 is 5.97 Å². The number of nitriles is 1. The Morgan fingerprint density at radius 3 is 2.62 bits per heavy atom. The molecule has 7 nitrogen and oxygen atoms in total. The molecule has 0 aliphatic rings. The molecule has 0 aliphatic heterocycles. The van der Waals surface area contributed by atoms with Crippen LogP contribution in [0.1, 0.15) is 5.76 Å². The highest BCUT2D eigenvalue weighted by molar-refractivity contribution is 6.18. The van der Waals surface area contributed by atoms with Gasteiger partial charge in [0.15, 0.2) is 0 Å². The van der Waals surface area contributed by atoms with E-state index in [1.54, 1.807) is 30.3 Å².